The van der Waals surface area contributed by atoms with E-state index in [-0.39, 0.29) is 36.1 Å². The van der Waals surface area contributed by atoms with Gasteiger partial charge in [-0.15, -0.1) is 24.8 Å². The van der Waals surface area contributed by atoms with Crippen molar-refractivity contribution in [3.8, 4) is 11.5 Å². The van der Waals surface area contributed by atoms with Gasteiger partial charge in [-0.1, -0.05) is 0 Å². The summed E-state index contributed by atoms with van der Waals surface area (Å²) < 4.78 is 43.8. The summed E-state index contributed by atoms with van der Waals surface area (Å²) in [5.41, 5.74) is 0.258. The van der Waals surface area contributed by atoms with E-state index in [0.29, 0.717) is 31.9 Å². The van der Waals surface area contributed by atoms with Crippen molar-refractivity contribution >= 4 is 24.8 Å². The molecular weight excluding hydrogens is 356 g/mol. The summed E-state index contributed by atoms with van der Waals surface area (Å²) in [5.74, 6) is 0.300. The summed E-state index contributed by atoms with van der Waals surface area (Å²) in [6.07, 6.45) is -5.29. The van der Waals surface area contributed by atoms with Crippen molar-refractivity contribution in [2.75, 3.05) is 33.3 Å². The highest BCUT2D eigenvalue weighted by molar-refractivity contribution is 5.85. The monoisotopic (exact) mass is 376 g/mol. The van der Waals surface area contributed by atoms with Gasteiger partial charge in [-0.25, -0.2) is 0 Å². The molecule has 4 nitrogen and oxygen atoms in total. The average Bonchev–Trinajstić information content (AvgIpc) is 2.45. The number of rotatable bonds is 4. The van der Waals surface area contributed by atoms with E-state index >= 15 is 0 Å². The first-order chi connectivity index (χ1) is 9.90. The maximum atomic E-state index is 12.9. The Balaban J connectivity index is 0.00000242. The molecule has 2 rings (SSSR count). The average molecular weight is 377 g/mol. The van der Waals surface area contributed by atoms with Crippen LogP contribution in [-0.2, 0) is 0 Å². The van der Waals surface area contributed by atoms with Gasteiger partial charge in [0, 0.05) is 37.8 Å². The smallest absolute Gasteiger partial charge is 0.390 e. The first kappa shape index (κ1) is 22.1. The van der Waals surface area contributed by atoms with E-state index in [1.54, 1.807) is 4.90 Å². The van der Waals surface area contributed by atoms with Gasteiger partial charge in [0.25, 0.3) is 0 Å². The molecule has 0 bridgehead atoms. The van der Waals surface area contributed by atoms with Crippen molar-refractivity contribution in [3.63, 3.8) is 0 Å². The molecule has 1 fully saturated rings. The first-order valence-corrected chi connectivity index (χ1v) is 6.79. The van der Waals surface area contributed by atoms with E-state index in [0.717, 1.165) is 0 Å². The van der Waals surface area contributed by atoms with Crippen molar-refractivity contribution in [1.82, 2.24) is 10.2 Å². The van der Waals surface area contributed by atoms with Gasteiger partial charge in [0.05, 0.1) is 13.5 Å². The number of hydrogen-bond acceptors (Lipinski definition) is 4. The number of methoxy groups -OCH3 is 1. The summed E-state index contributed by atoms with van der Waals surface area (Å²) in [7, 11) is 1.44. The standard InChI is InChI=1S/C14H19F3N2O2.2ClH/c1-21-10-2-3-13(20)11(8-10)12(9-14(15,16)17)19-6-4-18-5-7-19;;/h2-3,8,12,18,20H,4-7,9H2,1H3;2*1H/t12-;;/m0../s1. The number of halogens is 5. The minimum atomic E-state index is -4.30. The van der Waals surface area contributed by atoms with Crippen molar-refractivity contribution < 1.29 is 23.0 Å². The molecule has 2 N–H and O–H groups in total. The van der Waals surface area contributed by atoms with Crippen molar-refractivity contribution in [3.05, 3.63) is 23.8 Å². The quantitative estimate of drug-likeness (QED) is 0.847. The van der Waals surface area contributed by atoms with Crippen LogP contribution in [0.5, 0.6) is 11.5 Å². The minimum absolute atomic E-state index is 0. The van der Waals surface area contributed by atoms with Crippen LogP contribution < -0.4 is 10.1 Å². The molecule has 0 spiro atoms. The molecule has 0 aliphatic carbocycles. The molecule has 0 amide bonds. The fourth-order valence-corrected chi connectivity index (χ4v) is 2.58. The van der Waals surface area contributed by atoms with Gasteiger partial charge in [-0.3, -0.25) is 4.90 Å². The van der Waals surface area contributed by atoms with Gasteiger partial charge >= 0.3 is 6.18 Å². The maximum absolute atomic E-state index is 12.9. The van der Waals surface area contributed by atoms with Crippen LogP contribution >= 0.6 is 24.8 Å². The van der Waals surface area contributed by atoms with Crippen LogP contribution in [0.3, 0.4) is 0 Å². The Bertz CT molecular complexity index is 484. The lowest BCUT2D eigenvalue weighted by Gasteiger charge is -2.36. The number of alkyl halides is 3. The number of phenols is 1. The van der Waals surface area contributed by atoms with E-state index in [2.05, 4.69) is 5.32 Å². The second-order valence-electron chi connectivity index (χ2n) is 5.05. The lowest BCUT2D eigenvalue weighted by Crippen LogP contribution is -2.46. The predicted molar refractivity (Wildman–Crippen MR) is 87.0 cm³/mol. The van der Waals surface area contributed by atoms with E-state index in [1.807, 2.05) is 0 Å². The number of piperazine rings is 1. The summed E-state index contributed by atoms with van der Waals surface area (Å²) >= 11 is 0. The lowest BCUT2D eigenvalue weighted by atomic mass is 9.99. The molecule has 23 heavy (non-hydrogen) atoms. The topological polar surface area (TPSA) is 44.7 Å². The van der Waals surface area contributed by atoms with Crippen LogP contribution in [0.25, 0.3) is 0 Å². The van der Waals surface area contributed by atoms with Gasteiger partial charge in [0.1, 0.15) is 11.5 Å². The molecule has 1 aliphatic heterocycles. The van der Waals surface area contributed by atoms with Crippen LogP contribution in [0.2, 0.25) is 0 Å². The van der Waals surface area contributed by atoms with E-state index in [1.165, 1.54) is 25.3 Å². The van der Waals surface area contributed by atoms with Crippen LogP contribution in [0.4, 0.5) is 13.2 Å². The highest BCUT2D eigenvalue weighted by atomic mass is 35.5. The van der Waals surface area contributed by atoms with Gasteiger partial charge in [0.2, 0.25) is 0 Å². The largest absolute Gasteiger partial charge is 0.508 e. The maximum Gasteiger partial charge on any atom is 0.390 e. The SMILES string of the molecule is COc1ccc(O)c([C@H](CC(F)(F)F)N2CCNCC2)c1.Cl.Cl. The molecule has 0 unspecified atom stereocenters. The van der Waals surface area contributed by atoms with Crippen LogP contribution in [0.15, 0.2) is 18.2 Å². The Hall–Kier alpha value is -0.890. The number of hydrogen-bond donors (Lipinski definition) is 2. The van der Waals surface area contributed by atoms with Gasteiger partial charge in [0.15, 0.2) is 0 Å². The summed E-state index contributed by atoms with van der Waals surface area (Å²) in [5, 5.41) is 13.1. The molecule has 0 aromatic heterocycles. The fraction of sp³-hybridized carbons (Fsp3) is 0.571. The second-order valence-corrected chi connectivity index (χ2v) is 5.05. The summed E-state index contributed by atoms with van der Waals surface area (Å²) in [4.78, 5) is 1.75. The molecule has 1 atom stereocenters. The van der Waals surface area contributed by atoms with Gasteiger partial charge < -0.3 is 15.2 Å². The number of nitrogens with zero attached hydrogens (tertiary/aromatic N) is 1. The zero-order chi connectivity index (χ0) is 15.5. The number of aromatic hydroxyl groups is 1. The number of nitrogens with one attached hydrogen (secondary N) is 1. The third-order valence-corrected chi connectivity index (χ3v) is 3.61. The third kappa shape index (κ3) is 6.25. The van der Waals surface area contributed by atoms with E-state index in [9.17, 15) is 18.3 Å². The second kappa shape index (κ2) is 9.42. The molecular formula is C14H21Cl2F3N2O2. The number of ether oxygens (including phenoxy) is 1. The van der Waals surface area contributed by atoms with Crippen LogP contribution in [-0.4, -0.2) is 49.5 Å². The third-order valence-electron chi connectivity index (χ3n) is 3.61. The number of benzene rings is 1. The Labute approximate surface area is 145 Å². The first-order valence-electron chi connectivity index (χ1n) is 6.79. The fourth-order valence-electron chi connectivity index (χ4n) is 2.58. The van der Waals surface area contributed by atoms with Gasteiger partial charge in [-0.05, 0) is 18.2 Å². The molecule has 9 heteroatoms. The van der Waals surface area contributed by atoms with Gasteiger partial charge in [-0.2, -0.15) is 13.2 Å². The van der Waals surface area contributed by atoms with Crippen LogP contribution in [0.1, 0.15) is 18.0 Å². The Morgan fingerprint density at radius 2 is 1.87 bits per heavy atom. The zero-order valence-electron chi connectivity index (χ0n) is 12.6. The zero-order valence-corrected chi connectivity index (χ0v) is 14.2. The molecule has 1 aliphatic rings. The molecule has 0 radical (unpaired) electrons. The molecule has 1 heterocycles. The Morgan fingerprint density at radius 3 is 2.39 bits per heavy atom. The molecule has 134 valence electrons. The highest BCUT2D eigenvalue weighted by Crippen LogP contribution is 2.39. The number of phenolic OH excluding ortho intramolecular Hbond substituents is 1. The normalized spacial score (nSPS) is 16.9. The molecule has 1 aromatic carbocycles. The Kier molecular flexibility index (Phi) is 9.05. The molecule has 0 saturated carbocycles. The van der Waals surface area contributed by atoms with Crippen molar-refractivity contribution in [2.24, 2.45) is 0 Å². The molecule has 1 saturated heterocycles. The van der Waals surface area contributed by atoms with E-state index in [4.69, 9.17) is 4.74 Å². The lowest BCUT2D eigenvalue weighted by molar-refractivity contribution is -0.148. The van der Waals surface area contributed by atoms with Crippen molar-refractivity contribution in [1.29, 1.82) is 0 Å². The Morgan fingerprint density at radius 1 is 1.26 bits per heavy atom. The van der Waals surface area contributed by atoms with Crippen LogP contribution in [0, 0.1) is 0 Å². The molecule has 1 aromatic rings. The van der Waals surface area contributed by atoms with E-state index < -0.39 is 18.6 Å². The predicted octanol–water partition coefficient (Wildman–Crippen LogP) is 3.14. The minimum Gasteiger partial charge on any atom is -0.508 e. The summed E-state index contributed by atoms with van der Waals surface area (Å²) in [6.45, 7) is 2.30. The highest BCUT2D eigenvalue weighted by Gasteiger charge is 2.37. The van der Waals surface area contributed by atoms with Crippen molar-refractivity contribution in [2.45, 2.75) is 18.6 Å². The summed E-state index contributed by atoms with van der Waals surface area (Å²) in [6, 6.07) is 3.48.